The van der Waals surface area contributed by atoms with E-state index in [1.807, 2.05) is 6.07 Å². The van der Waals surface area contributed by atoms with Crippen LogP contribution in [-0.4, -0.2) is 51.1 Å². The van der Waals surface area contributed by atoms with E-state index in [0.717, 1.165) is 36.2 Å². The van der Waals surface area contributed by atoms with Gasteiger partial charge in [-0.2, -0.15) is 5.10 Å². The topological polar surface area (TPSA) is 72.4 Å². The van der Waals surface area contributed by atoms with Gasteiger partial charge in [-0.1, -0.05) is 25.5 Å². The van der Waals surface area contributed by atoms with Crippen molar-refractivity contribution < 1.29 is 14.6 Å². The number of hydrogen-bond acceptors (Lipinski definition) is 4. The van der Waals surface area contributed by atoms with Crippen molar-refractivity contribution in [2.45, 2.75) is 38.8 Å². The fraction of sp³-hybridized carbons (Fsp3) is 0.526. The quantitative estimate of drug-likeness (QED) is 0.751. The Morgan fingerprint density at radius 2 is 2.28 bits per heavy atom. The maximum Gasteiger partial charge on any atom is 0.123 e. The van der Waals surface area contributed by atoms with Crippen LogP contribution in [0, 0.1) is 11.2 Å². The summed E-state index contributed by atoms with van der Waals surface area (Å²) in [6, 6.07) is 6.46. The van der Waals surface area contributed by atoms with E-state index in [0.29, 0.717) is 19.5 Å². The molecule has 3 rings (SSSR count). The highest BCUT2D eigenvalue weighted by molar-refractivity contribution is 5.62. The molecular weight excluding hydrogens is 321 g/mol. The standard InChI is InChI=1S/C19H26FN3O2/c1-2-7-19(13-24)12-23(8-6-17(19)25)11-15-10-21-22-18(15)14-4-3-5-16(20)9-14/h3-5,9-10,17,24-25H,2,6-8,11-13H2,1H3,(H,21,22)/t17-,19-/m0/s1. The van der Waals surface area contributed by atoms with Gasteiger partial charge in [-0.25, -0.2) is 4.39 Å². The van der Waals surface area contributed by atoms with E-state index < -0.39 is 11.5 Å². The second-order valence-corrected chi connectivity index (χ2v) is 7.07. The van der Waals surface area contributed by atoms with Gasteiger partial charge in [0.25, 0.3) is 0 Å². The SMILES string of the molecule is CCC[C@@]1(CO)CN(Cc2cn[nH]c2-c2cccc(F)c2)CC[C@@H]1O. The van der Waals surface area contributed by atoms with E-state index in [-0.39, 0.29) is 12.4 Å². The molecule has 2 atom stereocenters. The maximum absolute atomic E-state index is 13.5. The van der Waals surface area contributed by atoms with Gasteiger partial charge >= 0.3 is 0 Å². The van der Waals surface area contributed by atoms with Crippen LogP contribution >= 0.6 is 0 Å². The fourth-order valence-electron chi connectivity index (χ4n) is 3.92. The highest BCUT2D eigenvalue weighted by Gasteiger charge is 2.41. The Morgan fingerprint density at radius 1 is 1.44 bits per heavy atom. The third-order valence-corrected chi connectivity index (χ3v) is 5.25. The number of likely N-dealkylation sites (tertiary alicyclic amines) is 1. The fourth-order valence-corrected chi connectivity index (χ4v) is 3.92. The van der Waals surface area contributed by atoms with Crippen LogP contribution in [-0.2, 0) is 6.54 Å². The lowest BCUT2D eigenvalue weighted by Crippen LogP contribution is -2.53. The van der Waals surface area contributed by atoms with Gasteiger partial charge in [0.15, 0.2) is 0 Å². The van der Waals surface area contributed by atoms with Crippen molar-refractivity contribution in [1.29, 1.82) is 0 Å². The van der Waals surface area contributed by atoms with Crippen molar-refractivity contribution in [2.24, 2.45) is 5.41 Å². The molecule has 0 unspecified atom stereocenters. The molecule has 0 radical (unpaired) electrons. The molecule has 0 saturated carbocycles. The van der Waals surface area contributed by atoms with E-state index in [1.165, 1.54) is 12.1 Å². The first-order valence-corrected chi connectivity index (χ1v) is 8.87. The Morgan fingerprint density at radius 3 is 3.00 bits per heavy atom. The molecule has 2 aromatic rings. The number of H-pyrrole nitrogens is 1. The lowest BCUT2D eigenvalue weighted by atomic mass is 9.74. The predicted octanol–water partition coefficient (Wildman–Crippen LogP) is 2.56. The molecule has 6 heteroatoms. The summed E-state index contributed by atoms with van der Waals surface area (Å²) < 4.78 is 13.5. The zero-order chi connectivity index (χ0) is 17.9. The molecule has 0 aliphatic carbocycles. The lowest BCUT2D eigenvalue weighted by Gasteiger charge is -2.45. The molecule has 2 heterocycles. The first kappa shape index (κ1) is 18.0. The van der Waals surface area contributed by atoms with Crippen LogP contribution in [0.5, 0.6) is 0 Å². The van der Waals surface area contributed by atoms with Crippen molar-refractivity contribution >= 4 is 0 Å². The Labute approximate surface area is 147 Å². The molecule has 1 aliphatic rings. The van der Waals surface area contributed by atoms with E-state index >= 15 is 0 Å². The van der Waals surface area contributed by atoms with Gasteiger partial charge in [0.2, 0.25) is 0 Å². The molecule has 1 aromatic carbocycles. The van der Waals surface area contributed by atoms with Crippen molar-refractivity contribution in [1.82, 2.24) is 15.1 Å². The molecule has 25 heavy (non-hydrogen) atoms. The number of nitrogens with one attached hydrogen (secondary N) is 1. The molecular formula is C19H26FN3O2. The van der Waals surface area contributed by atoms with E-state index in [2.05, 4.69) is 22.0 Å². The summed E-state index contributed by atoms with van der Waals surface area (Å²) in [5.41, 5.74) is 2.11. The number of nitrogens with zero attached hydrogens (tertiary/aromatic N) is 2. The summed E-state index contributed by atoms with van der Waals surface area (Å²) in [6.45, 7) is 4.12. The summed E-state index contributed by atoms with van der Waals surface area (Å²) in [7, 11) is 0. The summed E-state index contributed by atoms with van der Waals surface area (Å²) in [4.78, 5) is 2.24. The molecule has 0 bridgehead atoms. The number of benzene rings is 1. The molecule has 5 nitrogen and oxygen atoms in total. The third kappa shape index (κ3) is 3.76. The van der Waals surface area contributed by atoms with Crippen LogP contribution in [0.1, 0.15) is 31.7 Å². The van der Waals surface area contributed by atoms with E-state index in [1.54, 1.807) is 12.3 Å². The number of aromatic nitrogens is 2. The van der Waals surface area contributed by atoms with Crippen molar-refractivity contribution in [3.05, 3.63) is 41.8 Å². The molecule has 1 aromatic heterocycles. The van der Waals surface area contributed by atoms with Gasteiger partial charge in [-0.05, 0) is 25.0 Å². The van der Waals surface area contributed by atoms with Crippen molar-refractivity contribution in [3.8, 4) is 11.3 Å². The van der Waals surface area contributed by atoms with Crippen LogP contribution in [0.3, 0.4) is 0 Å². The molecule has 1 saturated heterocycles. The average molecular weight is 347 g/mol. The minimum Gasteiger partial charge on any atom is -0.396 e. The minimum atomic E-state index is -0.472. The number of halogens is 1. The van der Waals surface area contributed by atoms with Gasteiger partial charge in [-0.3, -0.25) is 10.00 Å². The zero-order valence-electron chi connectivity index (χ0n) is 14.6. The summed E-state index contributed by atoms with van der Waals surface area (Å²) in [6.07, 6.45) is 3.66. The van der Waals surface area contributed by atoms with Crippen LogP contribution in [0.2, 0.25) is 0 Å². The van der Waals surface area contributed by atoms with Crippen molar-refractivity contribution in [3.63, 3.8) is 0 Å². The molecule has 0 amide bonds. The lowest BCUT2D eigenvalue weighted by molar-refractivity contribution is -0.0819. The molecule has 1 aliphatic heterocycles. The molecule has 3 N–H and O–H groups in total. The van der Waals surface area contributed by atoms with E-state index in [9.17, 15) is 14.6 Å². The molecule has 136 valence electrons. The second-order valence-electron chi connectivity index (χ2n) is 7.07. The number of aromatic amines is 1. The second kappa shape index (κ2) is 7.64. The molecule has 1 fully saturated rings. The summed E-state index contributed by atoms with van der Waals surface area (Å²) in [5, 5.41) is 27.4. The highest BCUT2D eigenvalue weighted by Crippen LogP contribution is 2.35. The Hall–Kier alpha value is -1.76. The van der Waals surface area contributed by atoms with Crippen LogP contribution in [0.25, 0.3) is 11.3 Å². The van der Waals surface area contributed by atoms with E-state index in [4.69, 9.17) is 0 Å². The van der Waals surface area contributed by atoms with Gasteiger partial charge in [0.05, 0.1) is 24.6 Å². The minimum absolute atomic E-state index is 0.0132. The van der Waals surface area contributed by atoms with Crippen molar-refractivity contribution in [2.75, 3.05) is 19.7 Å². The summed E-state index contributed by atoms with van der Waals surface area (Å²) in [5.74, 6) is -0.276. The monoisotopic (exact) mass is 347 g/mol. The normalized spacial score (nSPS) is 24.6. The largest absolute Gasteiger partial charge is 0.396 e. The van der Waals surface area contributed by atoms with Gasteiger partial charge < -0.3 is 10.2 Å². The van der Waals surface area contributed by atoms with Gasteiger partial charge in [0.1, 0.15) is 5.82 Å². The van der Waals surface area contributed by atoms with Gasteiger partial charge in [-0.15, -0.1) is 0 Å². The number of hydrogen-bond donors (Lipinski definition) is 3. The van der Waals surface area contributed by atoms with Gasteiger partial charge in [0, 0.05) is 36.2 Å². The van der Waals surface area contributed by atoms with Crippen LogP contribution < -0.4 is 0 Å². The maximum atomic E-state index is 13.5. The smallest absolute Gasteiger partial charge is 0.123 e. The number of aliphatic hydroxyl groups is 2. The predicted molar refractivity (Wildman–Crippen MR) is 94.3 cm³/mol. The Kier molecular flexibility index (Phi) is 5.51. The zero-order valence-corrected chi connectivity index (χ0v) is 14.6. The first-order chi connectivity index (χ1) is 12.1. The number of aliphatic hydroxyl groups excluding tert-OH is 2. The average Bonchev–Trinajstić information content (AvgIpc) is 3.06. The Balaban J connectivity index is 1.78. The third-order valence-electron chi connectivity index (χ3n) is 5.25. The summed E-state index contributed by atoms with van der Waals surface area (Å²) >= 11 is 0. The number of piperidine rings is 1. The first-order valence-electron chi connectivity index (χ1n) is 8.87. The number of rotatable bonds is 6. The Bertz CT molecular complexity index is 705. The van der Waals surface area contributed by atoms with Crippen LogP contribution in [0.15, 0.2) is 30.5 Å². The highest BCUT2D eigenvalue weighted by atomic mass is 19.1. The molecule has 0 spiro atoms. The van der Waals surface area contributed by atoms with Crippen LogP contribution in [0.4, 0.5) is 4.39 Å².